The third-order valence-electron chi connectivity index (χ3n) is 6.05. The van der Waals surface area contributed by atoms with Crippen molar-refractivity contribution in [1.82, 2.24) is 0 Å². The van der Waals surface area contributed by atoms with Crippen molar-refractivity contribution in [3.05, 3.63) is 28.5 Å². The summed E-state index contributed by atoms with van der Waals surface area (Å²) < 4.78 is 14.8. The van der Waals surface area contributed by atoms with E-state index in [1.165, 1.54) is 18.9 Å². The van der Waals surface area contributed by atoms with Gasteiger partial charge in [-0.2, -0.15) is 0 Å². The zero-order valence-electron chi connectivity index (χ0n) is 11.8. The lowest BCUT2D eigenvalue weighted by molar-refractivity contribution is 0.142. The molecular formula is C16H21BrFN. The number of halogens is 2. The first-order chi connectivity index (χ1) is 8.84. The normalized spacial score (nSPS) is 35.6. The molecule has 0 amide bonds. The van der Waals surface area contributed by atoms with Crippen molar-refractivity contribution >= 4 is 21.6 Å². The predicted octanol–water partition coefficient (Wildman–Crippen LogP) is 5.21. The molecule has 3 rings (SSSR count). The highest BCUT2D eigenvalue weighted by Crippen LogP contribution is 2.65. The van der Waals surface area contributed by atoms with Crippen molar-refractivity contribution in [3.8, 4) is 0 Å². The van der Waals surface area contributed by atoms with Crippen molar-refractivity contribution < 1.29 is 4.39 Å². The zero-order valence-corrected chi connectivity index (χ0v) is 13.3. The summed E-state index contributed by atoms with van der Waals surface area (Å²) in [5.41, 5.74) is 1.25. The standard InChI is InChI=1S/C16H21BrFN/c1-15(2)10-6-7-16(15,3)14(8-10)19-13-9-11(17)4-5-12(13)18/h4-5,9-10,14,19H,6-8H2,1-3H3. The highest BCUT2D eigenvalue weighted by Gasteiger charge is 2.61. The van der Waals surface area contributed by atoms with E-state index in [9.17, 15) is 4.39 Å². The molecule has 2 aliphatic rings. The Kier molecular flexibility index (Phi) is 2.97. The Balaban J connectivity index is 1.88. The van der Waals surface area contributed by atoms with E-state index in [4.69, 9.17) is 0 Å². The van der Waals surface area contributed by atoms with E-state index in [0.29, 0.717) is 17.1 Å². The van der Waals surface area contributed by atoms with Gasteiger partial charge >= 0.3 is 0 Å². The van der Waals surface area contributed by atoms with Crippen molar-refractivity contribution in [2.24, 2.45) is 16.7 Å². The van der Waals surface area contributed by atoms with Gasteiger partial charge in [-0.15, -0.1) is 0 Å². The average molecular weight is 326 g/mol. The maximum absolute atomic E-state index is 13.9. The van der Waals surface area contributed by atoms with Crippen molar-refractivity contribution in [2.45, 2.75) is 46.1 Å². The Morgan fingerprint density at radius 2 is 2.05 bits per heavy atom. The Hall–Kier alpha value is -0.570. The summed E-state index contributed by atoms with van der Waals surface area (Å²) in [5, 5.41) is 3.47. The van der Waals surface area contributed by atoms with E-state index in [2.05, 4.69) is 42.0 Å². The van der Waals surface area contributed by atoms with Gasteiger partial charge in [-0.05, 0) is 54.2 Å². The van der Waals surface area contributed by atoms with Gasteiger partial charge in [0, 0.05) is 10.5 Å². The van der Waals surface area contributed by atoms with Crippen LogP contribution in [0.5, 0.6) is 0 Å². The van der Waals surface area contributed by atoms with Crippen LogP contribution >= 0.6 is 15.9 Å². The van der Waals surface area contributed by atoms with Gasteiger partial charge < -0.3 is 5.32 Å². The molecule has 19 heavy (non-hydrogen) atoms. The van der Waals surface area contributed by atoms with E-state index < -0.39 is 0 Å². The molecule has 0 aromatic heterocycles. The van der Waals surface area contributed by atoms with E-state index in [1.54, 1.807) is 6.07 Å². The minimum atomic E-state index is -0.160. The molecule has 1 nitrogen and oxygen atoms in total. The smallest absolute Gasteiger partial charge is 0.146 e. The highest BCUT2D eigenvalue weighted by atomic mass is 79.9. The first-order valence-electron chi connectivity index (χ1n) is 7.06. The number of hydrogen-bond acceptors (Lipinski definition) is 1. The largest absolute Gasteiger partial charge is 0.379 e. The lowest BCUT2D eigenvalue weighted by Crippen LogP contribution is -2.40. The molecular weight excluding hydrogens is 305 g/mol. The molecule has 3 atom stereocenters. The van der Waals surface area contributed by atoms with E-state index in [1.807, 2.05) is 6.07 Å². The molecule has 0 radical (unpaired) electrons. The Morgan fingerprint density at radius 3 is 2.63 bits per heavy atom. The third kappa shape index (κ3) is 1.84. The number of nitrogens with one attached hydrogen (secondary N) is 1. The van der Waals surface area contributed by atoms with Crippen LogP contribution in [0.1, 0.15) is 40.0 Å². The van der Waals surface area contributed by atoms with Gasteiger partial charge in [0.1, 0.15) is 5.82 Å². The molecule has 3 unspecified atom stereocenters. The van der Waals surface area contributed by atoms with Crippen molar-refractivity contribution in [2.75, 3.05) is 5.32 Å². The maximum atomic E-state index is 13.9. The number of fused-ring (bicyclic) bond motifs is 2. The summed E-state index contributed by atoms with van der Waals surface area (Å²) in [4.78, 5) is 0. The van der Waals surface area contributed by atoms with Crippen LogP contribution < -0.4 is 5.32 Å². The fourth-order valence-corrected chi connectivity index (χ4v) is 4.58. The number of anilines is 1. The van der Waals surface area contributed by atoms with Gasteiger partial charge in [-0.25, -0.2) is 4.39 Å². The van der Waals surface area contributed by atoms with E-state index in [-0.39, 0.29) is 11.2 Å². The molecule has 1 aromatic rings. The van der Waals surface area contributed by atoms with Crippen molar-refractivity contribution in [3.63, 3.8) is 0 Å². The Morgan fingerprint density at radius 1 is 1.32 bits per heavy atom. The summed E-state index contributed by atoms with van der Waals surface area (Å²) in [7, 11) is 0. The van der Waals surface area contributed by atoms with Crippen LogP contribution in [0.15, 0.2) is 22.7 Å². The molecule has 0 saturated heterocycles. The van der Waals surface area contributed by atoms with Gasteiger partial charge in [0.15, 0.2) is 0 Å². The molecule has 2 saturated carbocycles. The minimum Gasteiger partial charge on any atom is -0.379 e. The molecule has 2 fully saturated rings. The average Bonchev–Trinajstić information content (AvgIpc) is 2.67. The monoisotopic (exact) mass is 325 g/mol. The number of hydrogen-bond donors (Lipinski definition) is 1. The second-order valence-electron chi connectivity index (χ2n) is 6.93. The molecule has 2 aliphatic carbocycles. The molecule has 0 spiro atoms. The lowest BCUT2D eigenvalue weighted by Gasteiger charge is -2.40. The topological polar surface area (TPSA) is 12.0 Å². The molecule has 1 N–H and O–H groups in total. The third-order valence-corrected chi connectivity index (χ3v) is 6.55. The van der Waals surface area contributed by atoms with Gasteiger partial charge in [0.2, 0.25) is 0 Å². The van der Waals surface area contributed by atoms with Crippen LogP contribution in [0.4, 0.5) is 10.1 Å². The molecule has 2 bridgehead atoms. The molecule has 0 aliphatic heterocycles. The fraction of sp³-hybridized carbons (Fsp3) is 0.625. The first-order valence-corrected chi connectivity index (χ1v) is 7.85. The first kappa shape index (κ1) is 13.4. The SMILES string of the molecule is CC1(C)C2CCC1(C)C(Nc1cc(Br)ccc1F)C2. The predicted molar refractivity (Wildman–Crippen MR) is 80.7 cm³/mol. The fourth-order valence-electron chi connectivity index (χ4n) is 4.22. The second kappa shape index (κ2) is 4.21. The highest BCUT2D eigenvalue weighted by molar-refractivity contribution is 9.10. The zero-order chi connectivity index (χ0) is 13.8. The van der Waals surface area contributed by atoms with Crippen molar-refractivity contribution in [1.29, 1.82) is 0 Å². The van der Waals surface area contributed by atoms with Crippen LogP contribution in [0.2, 0.25) is 0 Å². The van der Waals surface area contributed by atoms with Gasteiger partial charge in [-0.1, -0.05) is 36.7 Å². The van der Waals surface area contributed by atoms with Crippen LogP contribution in [0, 0.1) is 22.6 Å². The summed E-state index contributed by atoms with van der Waals surface area (Å²) in [5.74, 6) is 0.609. The lowest BCUT2D eigenvalue weighted by atomic mass is 9.69. The van der Waals surface area contributed by atoms with Gasteiger partial charge in [-0.3, -0.25) is 0 Å². The van der Waals surface area contributed by atoms with Crippen LogP contribution in [-0.4, -0.2) is 6.04 Å². The summed E-state index contributed by atoms with van der Waals surface area (Å²) in [6.07, 6.45) is 3.73. The Bertz CT molecular complexity index is 513. The second-order valence-corrected chi connectivity index (χ2v) is 7.85. The van der Waals surface area contributed by atoms with Crippen LogP contribution in [0.25, 0.3) is 0 Å². The molecule has 1 aromatic carbocycles. The number of rotatable bonds is 2. The van der Waals surface area contributed by atoms with Gasteiger partial charge in [0.05, 0.1) is 5.69 Å². The maximum Gasteiger partial charge on any atom is 0.146 e. The van der Waals surface area contributed by atoms with Gasteiger partial charge in [0.25, 0.3) is 0 Å². The Labute approximate surface area is 123 Å². The summed E-state index contributed by atoms with van der Waals surface area (Å²) in [6, 6.07) is 5.49. The quantitative estimate of drug-likeness (QED) is 0.786. The molecule has 104 valence electrons. The summed E-state index contributed by atoms with van der Waals surface area (Å²) in [6.45, 7) is 7.13. The van der Waals surface area contributed by atoms with Crippen LogP contribution in [0.3, 0.4) is 0 Å². The number of benzene rings is 1. The minimum absolute atomic E-state index is 0.160. The molecule has 3 heteroatoms. The molecule has 0 heterocycles. The van der Waals surface area contributed by atoms with Crippen LogP contribution in [-0.2, 0) is 0 Å². The van der Waals surface area contributed by atoms with E-state index >= 15 is 0 Å². The summed E-state index contributed by atoms with van der Waals surface area (Å²) >= 11 is 3.42. The van der Waals surface area contributed by atoms with E-state index in [0.717, 1.165) is 16.8 Å².